The molecule has 0 aliphatic rings. The van der Waals surface area contributed by atoms with Gasteiger partial charge in [0.15, 0.2) is 23.3 Å². The zero-order valence-electron chi connectivity index (χ0n) is 9.70. The number of pyridine rings is 1. The lowest BCUT2D eigenvalue weighted by Crippen LogP contribution is -2.08. The second-order valence-electron chi connectivity index (χ2n) is 3.52. The van der Waals surface area contributed by atoms with E-state index in [1.807, 2.05) is 0 Å². The molecule has 7 heteroatoms. The van der Waals surface area contributed by atoms with E-state index in [0.717, 1.165) is 6.07 Å². The first-order valence-electron chi connectivity index (χ1n) is 5.43. The summed E-state index contributed by atoms with van der Waals surface area (Å²) in [6.45, 7) is 2.54. The number of anilines is 2. The van der Waals surface area contributed by atoms with Gasteiger partial charge in [-0.1, -0.05) is 5.16 Å². The van der Waals surface area contributed by atoms with Gasteiger partial charge in [-0.25, -0.2) is 13.8 Å². The van der Waals surface area contributed by atoms with E-state index in [0.29, 0.717) is 12.2 Å². The van der Waals surface area contributed by atoms with E-state index >= 15 is 0 Å². The molecule has 96 valence electrons. The van der Waals surface area contributed by atoms with Crippen molar-refractivity contribution in [3.8, 4) is 0 Å². The van der Waals surface area contributed by atoms with Gasteiger partial charge in [0, 0.05) is 18.7 Å². The van der Waals surface area contributed by atoms with Crippen LogP contribution in [0.5, 0.6) is 0 Å². The van der Waals surface area contributed by atoms with Crippen LogP contribution in [0.15, 0.2) is 22.9 Å². The number of rotatable bonds is 5. The predicted octanol–water partition coefficient (Wildman–Crippen LogP) is 2.39. The number of nitrogens with zero attached hydrogens (tertiary/aromatic N) is 2. The van der Waals surface area contributed by atoms with E-state index in [9.17, 15) is 8.78 Å². The highest BCUT2D eigenvalue weighted by Gasteiger charge is 2.11. The molecule has 2 N–H and O–H groups in total. The van der Waals surface area contributed by atoms with E-state index < -0.39 is 11.6 Å². The van der Waals surface area contributed by atoms with Crippen molar-refractivity contribution in [2.75, 3.05) is 17.2 Å². The van der Waals surface area contributed by atoms with Gasteiger partial charge < -0.3 is 15.2 Å². The van der Waals surface area contributed by atoms with Gasteiger partial charge in [0.1, 0.15) is 12.0 Å². The first-order chi connectivity index (χ1) is 8.70. The van der Waals surface area contributed by atoms with Crippen molar-refractivity contribution >= 4 is 11.6 Å². The molecule has 0 spiro atoms. The van der Waals surface area contributed by atoms with E-state index in [1.165, 1.54) is 6.26 Å². The Hall–Kier alpha value is -2.18. The summed E-state index contributed by atoms with van der Waals surface area (Å²) in [5.41, 5.74) is 0.602. The zero-order chi connectivity index (χ0) is 13.0. The fourth-order valence-corrected chi connectivity index (χ4v) is 1.38. The second-order valence-corrected chi connectivity index (χ2v) is 3.52. The van der Waals surface area contributed by atoms with Crippen molar-refractivity contribution in [3.05, 3.63) is 35.7 Å². The highest BCUT2D eigenvalue weighted by atomic mass is 19.1. The normalized spacial score (nSPS) is 10.4. The predicted molar refractivity (Wildman–Crippen MR) is 62.1 cm³/mol. The molecule has 2 heterocycles. The lowest BCUT2D eigenvalue weighted by Gasteiger charge is -2.09. The van der Waals surface area contributed by atoms with Crippen LogP contribution in [0.25, 0.3) is 0 Å². The molecule has 0 unspecified atom stereocenters. The maximum atomic E-state index is 13.5. The highest BCUT2D eigenvalue weighted by molar-refractivity contribution is 5.47. The zero-order valence-corrected chi connectivity index (χ0v) is 9.70. The third kappa shape index (κ3) is 2.73. The molecule has 5 nitrogen and oxygen atoms in total. The average molecular weight is 254 g/mol. The molecule has 0 saturated heterocycles. The van der Waals surface area contributed by atoms with E-state index in [-0.39, 0.29) is 18.2 Å². The number of halogens is 2. The minimum absolute atomic E-state index is 0.0153. The Morgan fingerprint density at radius 1 is 1.22 bits per heavy atom. The van der Waals surface area contributed by atoms with Gasteiger partial charge in [0.05, 0.1) is 6.54 Å². The minimum Gasteiger partial charge on any atom is -0.368 e. The molecule has 0 fully saturated rings. The summed E-state index contributed by atoms with van der Waals surface area (Å²) in [5.74, 6) is -1.49. The van der Waals surface area contributed by atoms with Gasteiger partial charge in [0.2, 0.25) is 0 Å². The standard InChI is InChI=1S/C11H12F2N4O/c1-2-14-10-8(12)5-9(13)11(16-10)15-6-7-3-4-18-17-7/h3-5H,2,6H2,1H3,(H2,14,15,16). The van der Waals surface area contributed by atoms with Crippen LogP contribution in [0.4, 0.5) is 20.4 Å². The Morgan fingerprint density at radius 3 is 2.56 bits per heavy atom. The van der Waals surface area contributed by atoms with Crippen LogP contribution in [0.3, 0.4) is 0 Å². The van der Waals surface area contributed by atoms with Crippen LogP contribution in [0, 0.1) is 11.6 Å². The smallest absolute Gasteiger partial charge is 0.168 e. The van der Waals surface area contributed by atoms with Gasteiger partial charge in [-0.2, -0.15) is 0 Å². The Balaban J connectivity index is 2.13. The molecule has 0 atom stereocenters. The summed E-state index contributed by atoms with van der Waals surface area (Å²) in [5, 5.41) is 9.10. The maximum absolute atomic E-state index is 13.5. The average Bonchev–Trinajstić information content (AvgIpc) is 2.84. The number of hydrogen-bond acceptors (Lipinski definition) is 5. The van der Waals surface area contributed by atoms with Crippen LogP contribution in [-0.4, -0.2) is 16.7 Å². The number of nitrogens with one attached hydrogen (secondary N) is 2. The Morgan fingerprint density at radius 2 is 1.94 bits per heavy atom. The van der Waals surface area contributed by atoms with Crippen LogP contribution in [0.1, 0.15) is 12.6 Å². The fourth-order valence-electron chi connectivity index (χ4n) is 1.38. The SMILES string of the molecule is CCNc1nc(NCc2ccon2)c(F)cc1F. The van der Waals surface area contributed by atoms with Crippen molar-refractivity contribution in [1.29, 1.82) is 0 Å². The highest BCUT2D eigenvalue weighted by Crippen LogP contribution is 2.19. The summed E-state index contributed by atoms with van der Waals surface area (Å²) in [7, 11) is 0. The molecule has 0 aliphatic heterocycles. The fraction of sp³-hybridized carbons (Fsp3) is 0.273. The number of aromatic nitrogens is 2. The minimum atomic E-state index is -0.752. The topological polar surface area (TPSA) is 63.0 Å². The van der Waals surface area contributed by atoms with Crippen LogP contribution in [-0.2, 0) is 6.54 Å². The Bertz CT molecular complexity index is 516. The van der Waals surface area contributed by atoms with Gasteiger partial charge in [-0.15, -0.1) is 0 Å². The first-order valence-corrected chi connectivity index (χ1v) is 5.43. The monoisotopic (exact) mass is 254 g/mol. The molecule has 18 heavy (non-hydrogen) atoms. The van der Waals surface area contributed by atoms with Crippen LogP contribution < -0.4 is 10.6 Å². The summed E-state index contributed by atoms with van der Waals surface area (Å²) >= 11 is 0. The van der Waals surface area contributed by atoms with Crippen LogP contribution in [0.2, 0.25) is 0 Å². The van der Waals surface area contributed by atoms with E-state index in [2.05, 4.69) is 25.3 Å². The largest absolute Gasteiger partial charge is 0.368 e. The van der Waals surface area contributed by atoms with Gasteiger partial charge >= 0.3 is 0 Å². The lowest BCUT2D eigenvalue weighted by molar-refractivity contribution is 0.412. The quantitative estimate of drug-likeness (QED) is 0.857. The van der Waals surface area contributed by atoms with Crippen LogP contribution >= 0.6 is 0 Å². The Kier molecular flexibility index (Phi) is 3.71. The second kappa shape index (κ2) is 5.44. The third-order valence-corrected chi connectivity index (χ3v) is 2.20. The molecule has 2 rings (SSSR count). The summed E-state index contributed by atoms with van der Waals surface area (Å²) in [6, 6.07) is 2.43. The molecular formula is C11H12F2N4O. The molecule has 2 aromatic heterocycles. The lowest BCUT2D eigenvalue weighted by atomic mass is 10.3. The van der Waals surface area contributed by atoms with Crippen molar-refractivity contribution in [2.24, 2.45) is 0 Å². The molecule has 0 amide bonds. The van der Waals surface area contributed by atoms with E-state index in [1.54, 1.807) is 13.0 Å². The maximum Gasteiger partial charge on any atom is 0.168 e. The van der Waals surface area contributed by atoms with Crippen molar-refractivity contribution < 1.29 is 13.3 Å². The van der Waals surface area contributed by atoms with Gasteiger partial charge in [-0.05, 0) is 6.92 Å². The van der Waals surface area contributed by atoms with Crippen molar-refractivity contribution in [2.45, 2.75) is 13.5 Å². The summed E-state index contributed by atoms with van der Waals surface area (Å²) in [4.78, 5) is 3.83. The molecule has 0 saturated carbocycles. The van der Waals surface area contributed by atoms with Gasteiger partial charge in [-0.3, -0.25) is 0 Å². The van der Waals surface area contributed by atoms with Crippen molar-refractivity contribution in [3.63, 3.8) is 0 Å². The Labute approximate surface area is 102 Å². The van der Waals surface area contributed by atoms with Crippen molar-refractivity contribution in [1.82, 2.24) is 10.1 Å². The molecular weight excluding hydrogens is 242 g/mol. The molecule has 0 radical (unpaired) electrons. The number of hydrogen-bond donors (Lipinski definition) is 2. The first kappa shape index (κ1) is 12.3. The summed E-state index contributed by atoms with van der Waals surface area (Å²) < 4.78 is 31.4. The molecule has 0 aliphatic carbocycles. The van der Waals surface area contributed by atoms with Gasteiger partial charge in [0.25, 0.3) is 0 Å². The molecule has 2 aromatic rings. The summed E-state index contributed by atoms with van der Waals surface area (Å²) in [6.07, 6.45) is 1.41. The van der Waals surface area contributed by atoms with E-state index in [4.69, 9.17) is 0 Å². The molecule has 0 bridgehead atoms. The third-order valence-electron chi connectivity index (χ3n) is 2.20. The molecule has 0 aromatic carbocycles.